The highest BCUT2D eigenvalue weighted by molar-refractivity contribution is 5.91. The van der Waals surface area contributed by atoms with Crippen LogP contribution in [0.1, 0.15) is 31.1 Å². The molecule has 1 unspecified atom stereocenters. The van der Waals surface area contributed by atoms with Gasteiger partial charge < -0.3 is 19.8 Å². The van der Waals surface area contributed by atoms with Gasteiger partial charge in [0.25, 0.3) is 0 Å². The van der Waals surface area contributed by atoms with Gasteiger partial charge in [-0.1, -0.05) is 0 Å². The van der Waals surface area contributed by atoms with Crippen LogP contribution >= 0.6 is 12.4 Å². The third-order valence-corrected chi connectivity index (χ3v) is 4.33. The van der Waals surface area contributed by atoms with Gasteiger partial charge in [0.1, 0.15) is 0 Å². The fourth-order valence-corrected chi connectivity index (χ4v) is 2.84. The van der Waals surface area contributed by atoms with Gasteiger partial charge in [0, 0.05) is 36.2 Å². The van der Waals surface area contributed by atoms with E-state index in [0.717, 1.165) is 29.4 Å². The summed E-state index contributed by atoms with van der Waals surface area (Å²) in [4.78, 5) is 16.4. The Hall–Kier alpha value is -1.89. The maximum atomic E-state index is 12.1. The average molecular weight is 364 g/mol. The first kappa shape index (κ1) is 17.9. The number of aromatic nitrogens is 1. The summed E-state index contributed by atoms with van der Waals surface area (Å²) >= 11 is 0. The van der Waals surface area contributed by atoms with E-state index in [1.807, 2.05) is 24.3 Å². The number of ether oxygens (including phenoxy) is 1. The van der Waals surface area contributed by atoms with E-state index >= 15 is 0 Å². The minimum Gasteiger partial charge on any atom is -0.440 e. The number of carbonyl (C=O) groups is 1. The van der Waals surface area contributed by atoms with Crippen LogP contribution in [0.4, 0.5) is 5.69 Å². The molecule has 1 aliphatic carbocycles. The van der Waals surface area contributed by atoms with Gasteiger partial charge in [0.05, 0.1) is 19.4 Å². The number of benzene rings is 1. The lowest BCUT2D eigenvalue weighted by Gasteiger charge is -2.23. The molecule has 1 saturated carbocycles. The van der Waals surface area contributed by atoms with E-state index in [9.17, 15) is 4.79 Å². The van der Waals surface area contributed by atoms with Gasteiger partial charge in [-0.25, -0.2) is 4.98 Å². The lowest BCUT2D eigenvalue weighted by molar-refractivity contribution is -0.117. The summed E-state index contributed by atoms with van der Waals surface area (Å²) in [6, 6.07) is 7.74. The zero-order valence-corrected chi connectivity index (χ0v) is 14.7. The first-order valence-corrected chi connectivity index (χ1v) is 8.45. The fourth-order valence-electron chi connectivity index (χ4n) is 2.84. The zero-order chi connectivity index (χ0) is 16.4. The molecule has 4 rings (SSSR count). The number of amides is 1. The number of nitrogens with zero attached hydrogens (tertiary/aromatic N) is 1. The molecule has 2 N–H and O–H groups in total. The van der Waals surface area contributed by atoms with E-state index in [-0.39, 0.29) is 24.4 Å². The number of rotatable bonds is 5. The summed E-state index contributed by atoms with van der Waals surface area (Å²) < 4.78 is 11.2. The zero-order valence-electron chi connectivity index (χ0n) is 13.9. The van der Waals surface area contributed by atoms with E-state index in [2.05, 4.69) is 15.6 Å². The monoisotopic (exact) mass is 363 g/mol. The molecule has 7 heteroatoms. The molecule has 1 atom stereocenters. The summed E-state index contributed by atoms with van der Waals surface area (Å²) in [5.41, 5.74) is 1.75. The highest BCUT2D eigenvalue weighted by Crippen LogP contribution is 2.40. The first-order chi connectivity index (χ1) is 11.8. The lowest BCUT2D eigenvalue weighted by atomic mass is 10.1. The summed E-state index contributed by atoms with van der Waals surface area (Å²) in [5, 5.41) is 6.20. The molecule has 6 nitrogen and oxygen atoms in total. The molecule has 1 amide bonds. The van der Waals surface area contributed by atoms with Crippen LogP contribution < -0.4 is 10.6 Å². The summed E-state index contributed by atoms with van der Waals surface area (Å²) in [7, 11) is 0. The highest BCUT2D eigenvalue weighted by atomic mass is 35.5. The van der Waals surface area contributed by atoms with Gasteiger partial charge in [-0.15, -0.1) is 12.4 Å². The van der Waals surface area contributed by atoms with Crippen molar-refractivity contribution >= 4 is 24.0 Å². The molecule has 2 fully saturated rings. The minimum atomic E-state index is -0.0126. The van der Waals surface area contributed by atoms with Crippen molar-refractivity contribution in [1.82, 2.24) is 10.3 Å². The van der Waals surface area contributed by atoms with Crippen LogP contribution in [0, 0.1) is 0 Å². The Labute approximate surface area is 152 Å². The van der Waals surface area contributed by atoms with Crippen LogP contribution in [0.25, 0.3) is 11.3 Å². The molecule has 134 valence electrons. The largest absolute Gasteiger partial charge is 0.440 e. The van der Waals surface area contributed by atoms with Gasteiger partial charge in [-0.2, -0.15) is 0 Å². The molecule has 25 heavy (non-hydrogen) atoms. The molecular weight excluding hydrogens is 342 g/mol. The topological polar surface area (TPSA) is 76.4 Å². The summed E-state index contributed by atoms with van der Waals surface area (Å²) in [6.45, 7) is 2.09. The molecule has 1 saturated heterocycles. The molecule has 0 bridgehead atoms. The quantitative estimate of drug-likeness (QED) is 0.854. The summed E-state index contributed by atoms with van der Waals surface area (Å²) in [6.07, 6.45) is 4.53. The Kier molecular flexibility index (Phi) is 5.73. The Morgan fingerprint density at radius 3 is 2.76 bits per heavy atom. The van der Waals surface area contributed by atoms with Gasteiger partial charge in [0.15, 0.2) is 11.7 Å². The van der Waals surface area contributed by atoms with Crippen molar-refractivity contribution in [2.75, 3.05) is 25.1 Å². The average Bonchev–Trinajstić information content (AvgIpc) is 3.34. The van der Waals surface area contributed by atoms with Gasteiger partial charge in [-0.05, 0) is 37.1 Å². The second kappa shape index (κ2) is 7.99. The van der Waals surface area contributed by atoms with Crippen molar-refractivity contribution < 1.29 is 13.9 Å². The van der Waals surface area contributed by atoms with Crippen LogP contribution in [0.2, 0.25) is 0 Å². The number of oxazole rings is 1. The SMILES string of the molecule is Cl.O=C(CC1COCCN1)Nc1ccc(-c2cnc(C3CC3)o2)cc1. The fraction of sp³-hybridized carbons (Fsp3) is 0.444. The van der Waals surface area contributed by atoms with Crippen LogP contribution in [0.3, 0.4) is 0 Å². The number of nitrogens with one attached hydrogen (secondary N) is 2. The standard InChI is InChI=1S/C18H21N3O3.ClH/c22-17(9-15-11-23-8-7-19-15)21-14-5-3-12(4-6-14)16-10-20-18(24-16)13-1-2-13;/h3-6,10,13,15,19H,1-2,7-9,11H2,(H,21,22);1H. The van der Waals surface area contributed by atoms with E-state index < -0.39 is 0 Å². The molecule has 2 aliphatic rings. The second-order valence-electron chi connectivity index (χ2n) is 6.39. The predicted octanol–water partition coefficient (Wildman–Crippen LogP) is 2.96. The van der Waals surface area contributed by atoms with Crippen molar-refractivity contribution in [2.45, 2.75) is 31.2 Å². The molecule has 2 heterocycles. The molecule has 1 aromatic heterocycles. The lowest BCUT2D eigenvalue weighted by Crippen LogP contribution is -2.43. The number of anilines is 1. The third kappa shape index (κ3) is 4.60. The smallest absolute Gasteiger partial charge is 0.226 e. The molecule has 1 aromatic carbocycles. The molecule has 0 spiro atoms. The van der Waals surface area contributed by atoms with Gasteiger partial charge >= 0.3 is 0 Å². The van der Waals surface area contributed by atoms with Crippen molar-refractivity contribution in [3.05, 3.63) is 36.4 Å². The Morgan fingerprint density at radius 2 is 2.08 bits per heavy atom. The number of hydrogen-bond donors (Lipinski definition) is 2. The van der Waals surface area contributed by atoms with Crippen LogP contribution in [0.5, 0.6) is 0 Å². The number of morpholine rings is 1. The molecule has 0 radical (unpaired) electrons. The minimum absolute atomic E-state index is 0. The first-order valence-electron chi connectivity index (χ1n) is 8.45. The van der Waals surface area contributed by atoms with Crippen molar-refractivity contribution in [2.24, 2.45) is 0 Å². The molecule has 1 aliphatic heterocycles. The molecular formula is C18H22ClN3O3. The highest BCUT2D eigenvalue weighted by Gasteiger charge is 2.28. The molecule has 2 aromatic rings. The van der Waals surface area contributed by atoms with Crippen LogP contribution in [0.15, 0.2) is 34.9 Å². The predicted molar refractivity (Wildman–Crippen MR) is 97.0 cm³/mol. The van der Waals surface area contributed by atoms with E-state index in [4.69, 9.17) is 9.15 Å². The number of hydrogen-bond acceptors (Lipinski definition) is 5. The van der Waals surface area contributed by atoms with E-state index in [0.29, 0.717) is 25.6 Å². The van der Waals surface area contributed by atoms with Gasteiger partial charge in [0.2, 0.25) is 5.91 Å². The van der Waals surface area contributed by atoms with Crippen LogP contribution in [-0.4, -0.2) is 36.7 Å². The number of halogens is 1. The maximum absolute atomic E-state index is 12.1. The van der Waals surface area contributed by atoms with Crippen LogP contribution in [-0.2, 0) is 9.53 Å². The van der Waals surface area contributed by atoms with E-state index in [1.165, 1.54) is 12.8 Å². The van der Waals surface area contributed by atoms with Crippen molar-refractivity contribution in [3.63, 3.8) is 0 Å². The maximum Gasteiger partial charge on any atom is 0.226 e. The van der Waals surface area contributed by atoms with Crippen molar-refractivity contribution in [1.29, 1.82) is 0 Å². The Morgan fingerprint density at radius 1 is 1.28 bits per heavy atom. The summed E-state index contributed by atoms with van der Waals surface area (Å²) in [5.74, 6) is 2.11. The Balaban J connectivity index is 0.00000182. The Bertz CT molecular complexity index is 707. The third-order valence-electron chi connectivity index (χ3n) is 4.33. The normalized spacial score (nSPS) is 19.9. The van der Waals surface area contributed by atoms with E-state index in [1.54, 1.807) is 6.20 Å². The number of carbonyl (C=O) groups excluding carboxylic acids is 1. The second-order valence-corrected chi connectivity index (χ2v) is 6.39. The van der Waals surface area contributed by atoms with Gasteiger partial charge in [-0.3, -0.25) is 4.79 Å². The van der Waals surface area contributed by atoms with Crippen molar-refractivity contribution in [3.8, 4) is 11.3 Å².